The Morgan fingerprint density at radius 2 is 2.19 bits per heavy atom. The molecule has 16 heavy (non-hydrogen) atoms. The van der Waals surface area contributed by atoms with Crippen molar-refractivity contribution in [1.82, 2.24) is 10.1 Å². The highest BCUT2D eigenvalue weighted by atomic mass is 16.5. The summed E-state index contributed by atoms with van der Waals surface area (Å²) in [4.78, 5) is 6.59. The molecule has 1 aromatic heterocycles. The van der Waals surface area contributed by atoms with Gasteiger partial charge in [0.1, 0.15) is 0 Å². The average Bonchev–Trinajstić information content (AvgIpc) is 2.95. The van der Waals surface area contributed by atoms with Crippen molar-refractivity contribution in [3.05, 3.63) is 5.89 Å². The summed E-state index contributed by atoms with van der Waals surface area (Å²) in [6, 6.07) is 0. The Bertz CT molecular complexity index is 320. The molecule has 2 rings (SSSR count). The average molecular weight is 224 g/mol. The maximum absolute atomic E-state index is 5.57. The fourth-order valence-corrected chi connectivity index (χ4v) is 1.88. The normalized spacial score (nSPS) is 18.0. The summed E-state index contributed by atoms with van der Waals surface area (Å²) < 4.78 is 5.23. The van der Waals surface area contributed by atoms with Crippen LogP contribution < -0.4 is 10.6 Å². The molecule has 0 spiro atoms. The van der Waals surface area contributed by atoms with E-state index in [1.807, 2.05) is 0 Å². The maximum atomic E-state index is 5.57. The van der Waals surface area contributed by atoms with Gasteiger partial charge in [0.05, 0.1) is 0 Å². The number of hydrogen-bond donors (Lipinski definition) is 1. The third kappa shape index (κ3) is 2.72. The number of aromatic nitrogens is 2. The Morgan fingerprint density at radius 3 is 2.88 bits per heavy atom. The van der Waals surface area contributed by atoms with Crippen LogP contribution in [0.1, 0.15) is 32.1 Å². The van der Waals surface area contributed by atoms with Crippen LogP contribution in [-0.4, -0.2) is 29.8 Å². The van der Waals surface area contributed by atoms with E-state index in [1.165, 1.54) is 12.8 Å². The molecule has 1 aliphatic heterocycles. The van der Waals surface area contributed by atoms with Gasteiger partial charge in [0.15, 0.2) is 0 Å². The Balaban J connectivity index is 1.86. The molecule has 1 atom stereocenters. The zero-order valence-corrected chi connectivity index (χ0v) is 9.85. The van der Waals surface area contributed by atoms with Gasteiger partial charge in [-0.3, -0.25) is 0 Å². The maximum Gasteiger partial charge on any atom is 0.266 e. The lowest BCUT2D eigenvalue weighted by Gasteiger charge is -2.09. The fraction of sp³-hybridized carbons (Fsp3) is 0.818. The monoisotopic (exact) mass is 224 g/mol. The van der Waals surface area contributed by atoms with Crippen molar-refractivity contribution in [2.75, 3.05) is 24.5 Å². The van der Waals surface area contributed by atoms with Gasteiger partial charge < -0.3 is 15.2 Å². The zero-order valence-electron chi connectivity index (χ0n) is 9.85. The molecule has 1 aromatic rings. The topological polar surface area (TPSA) is 68.2 Å². The van der Waals surface area contributed by atoms with Gasteiger partial charge in [-0.05, 0) is 36.9 Å². The van der Waals surface area contributed by atoms with Crippen LogP contribution in [0.4, 0.5) is 5.95 Å². The fourth-order valence-electron chi connectivity index (χ4n) is 1.88. The molecule has 0 radical (unpaired) electrons. The first-order chi connectivity index (χ1) is 7.79. The van der Waals surface area contributed by atoms with Crippen LogP contribution in [0.5, 0.6) is 0 Å². The first-order valence-electron chi connectivity index (χ1n) is 6.07. The first-order valence-corrected chi connectivity index (χ1v) is 6.07. The van der Waals surface area contributed by atoms with Gasteiger partial charge in [0.2, 0.25) is 5.89 Å². The second-order valence-electron chi connectivity index (χ2n) is 4.56. The highest BCUT2D eigenvalue weighted by Crippen LogP contribution is 2.17. The van der Waals surface area contributed by atoms with Crippen molar-refractivity contribution in [2.24, 2.45) is 11.7 Å². The van der Waals surface area contributed by atoms with Crippen molar-refractivity contribution in [1.29, 1.82) is 0 Å². The van der Waals surface area contributed by atoms with Crippen molar-refractivity contribution < 1.29 is 4.52 Å². The lowest BCUT2D eigenvalue weighted by atomic mass is 10.1. The summed E-state index contributed by atoms with van der Waals surface area (Å²) >= 11 is 0. The van der Waals surface area contributed by atoms with Gasteiger partial charge in [-0.1, -0.05) is 6.92 Å². The molecule has 2 heterocycles. The summed E-state index contributed by atoms with van der Waals surface area (Å²) in [5.74, 6) is 2.01. The third-order valence-electron chi connectivity index (χ3n) is 3.10. The van der Waals surface area contributed by atoms with Gasteiger partial charge in [-0.25, -0.2) is 0 Å². The van der Waals surface area contributed by atoms with Crippen molar-refractivity contribution in [3.63, 3.8) is 0 Å². The molecule has 90 valence electrons. The van der Waals surface area contributed by atoms with Crippen LogP contribution in [0.15, 0.2) is 4.52 Å². The molecule has 0 bridgehead atoms. The molecule has 2 N–H and O–H groups in total. The minimum absolute atomic E-state index is 0.516. The molecule has 1 saturated heterocycles. The molecule has 1 aliphatic rings. The molecule has 0 saturated carbocycles. The summed E-state index contributed by atoms with van der Waals surface area (Å²) in [7, 11) is 0. The molecular weight excluding hydrogens is 204 g/mol. The molecule has 0 amide bonds. The lowest BCUT2D eigenvalue weighted by Crippen LogP contribution is -2.18. The van der Waals surface area contributed by atoms with Crippen LogP contribution in [0.25, 0.3) is 0 Å². The van der Waals surface area contributed by atoms with Gasteiger partial charge >= 0.3 is 0 Å². The summed E-state index contributed by atoms with van der Waals surface area (Å²) in [5, 5.41) is 4.01. The van der Waals surface area contributed by atoms with E-state index in [-0.39, 0.29) is 0 Å². The highest BCUT2D eigenvalue weighted by molar-refractivity contribution is 5.28. The molecule has 0 aliphatic carbocycles. The van der Waals surface area contributed by atoms with E-state index in [9.17, 15) is 0 Å². The smallest absolute Gasteiger partial charge is 0.266 e. The van der Waals surface area contributed by atoms with Crippen molar-refractivity contribution in [2.45, 2.75) is 32.6 Å². The second kappa shape index (κ2) is 5.30. The Kier molecular flexibility index (Phi) is 3.77. The van der Waals surface area contributed by atoms with Gasteiger partial charge in [0.25, 0.3) is 5.95 Å². The number of nitrogens with zero attached hydrogens (tertiary/aromatic N) is 3. The number of anilines is 1. The quantitative estimate of drug-likeness (QED) is 0.813. The standard InChI is InChI=1S/C11H20N4O/c1-9(8-12)4-5-10-13-11(14-16-10)15-6-2-3-7-15/h9H,2-8,12H2,1H3. The van der Waals surface area contributed by atoms with E-state index < -0.39 is 0 Å². The predicted octanol–water partition coefficient (Wildman–Crippen LogP) is 1.20. The number of hydrogen-bond acceptors (Lipinski definition) is 5. The second-order valence-corrected chi connectivity index (χ2v) is 4.56. The molecule has 1 unspecified atom stereocenters. The Hall–Kier alpha value is -1.10. The SMILES string of the molecule is CC(CN)CCc1nc(N2CCCC2)no1. The van der Waals surface area contributed by atoms with E-state index in [0.717, 1.165) is 37.8 Å². The molecule has 1 fully saturated rings. The summed E-state index contributed by atoms with van der Waals surface area (Å²) in [6.07, 6.45) is 4.31. The third-order valence-corrected chi connectivity index (χ3v) is 3.10. The number of rotatable bonds is 5. The van der Waals surface area contributed by atoms with Gasteiger partial charge in [-0.2, -0.15) is 4.98 Å². The number of aryl methyl sites for hydroxylation is 1. The van der Waals surface area contributed by atoms with Crippen LogP contribution in [0.3, 0.4) is 0 Å². The van der Waals surface area contributed by atoms with E-state index in [4.69, 9.17) is 10.3 Å². The van der Waals surface area contributed by atoms with E-state index in [0.29, 0.717) is 12.5 Å². The van der Waals surface area contributed by atoms with E-state index in [1.54, 1.807) is 0 Å². The van der Waals surface area contributed by atoms with Gasteiger partial charge in [0, 0.05) is 19.5 Å². The minimum Gasteiger partial charge on any atom is -0.338 e. The molecule has 5 heteroatoms. The lowest BCUT2D eigenvalue weighted by molar-refractivity contribution is 0.365. The molecule has 0 aromatic carbocycles. The van der Waals surface area contributed by atoms with Crippen LogP contribution >= 0.6 is 0 Å². The highest BCUT2D eigenvalue weighted by Gasteiger charge is 2.17. The Labute approximate surface area is 96.0 Å². The minimum atomic E-state index is 0.516. The summed E-state index contributed by atoms with van der Waals surface area (Å²) in [6.45, 7) is 4.96. The Morgan fingerprint density at radius 1 is 1.44 bits per heavy atom. The van der Waals surface area contributed by atoms with Gasteiger partial charge in [-0.15, -0.1) is 0 Å². The largest absolute Gasteiger partial charge is 0.338 e. The van der Waals surface area contributed by atoms with E-state index in [2.05, 4.69) is 22.0 Å². The first kappa shape index (κ1) is 11.4. The number of nitrogens with two attached hydrogens (primary N) is 1. The summed E-state index contributed by atoms with van der Waals surface area (Å²) in [5.41, 5.74) is 5.57. The molecular formula is C11H20N4O. The van der Waals surface area contributed by atoms with Crippen LogP contribution in [-0.2, 0) is 6.42 Å². The van der Waals surface area contributed by atoms with Crippen molar-refractivity contribution in [3.8, 4) is 0 Å². The predicted molar refractivity (Wildman–Crippen MR) is 62.3 cm³/mol. The van der Waals surface area contributed by atoms with Crippen LogP contribution in [0, 0.1) is 5.92 Å². The van der Waals surface area contributed by atoms with Crippen molar-refractivity contribution >= 4 is 5.95 Å². The van der Waals surface area contributed by atoms with Crippen LogP contribution in [0.2, 0.25) is 0 Å². The molecule has 5 nitrogen and oxygen atoms in total. The van der Waals surface area contributed by atoms with E-state index >= 15 is 0 Å². The zero-order chi connectivity index (χ0) is 11.4.